The Bertz CT molecular complexity index is 821. The van der Waals surface area contributed by atoms with Gasteiger partial charge in [-0.2, -0.15) is 4.98 Å². The molecule has 2 fully saturated rings. The summed E-state index contributed by atoms with van der Waals surface area (Å²) in [5.41, 5.74) is 10.0. The van der Waals surface area contributed by atoms with E-state index in [0.29, 0.717) is 17.9 Å². The van der Waals surface area contributed by atoms with Gasteiger partial charge < -0.3 is 10.6 Å². The molecule has 1 aliphatic carbocycles. The van der Waals surface area contributed by atoms with Gasteiger partial charge in [-0.15, -0.1) is 0 Å². The number of hydrogen-bond acceptors (Lipinski definition) is 5. The molecule has 0 bridgehead atoms. The Balaban J connectivity index is 1.51. The molecule has 5 rings (SSSR count). The van der Waals surface area contributed by atoms with E-state index in [1.165, 1.54) is 30.4 Å². The smallest absolute Gasteiger partial charge is 0.222 e. The number of hydrogen-bond donors (Lipinski definition) is 1. The van der Waals surface area contributed by atoms with Gasteiger partial charge in [0.05, 0.1) is 5.69 Å². The minimum absolute atomic E-state index is 0.340. The van der Waals surface area contributed by atoms with E-state index in [4.69, 9.17) is 15.7 Å². The largest absolute Gasteiger partial charge is 0.368 e. The maximum absolute atomic E-state index is 6.20. The molecule has 2 aliphatic heterocycles. The number of rotatable bonds is 2. The highest BCUT2D eigenvalue weighted by Crippen LogP contribution is 2.40. The van der Waals surface area contributed by atoms with E-state index in [-0.39, 0.29) is 0 Å². The minimum atomic E-state index is 0.340. The Hall–Kier alpha value is -2.14. The van der Waals surface area contributed by atoms with Crippen LogP contribution in [0.2, 0.25) is 0 Å². The van der Waals surface area contributed by atoms with Crippen molar-refractivity contribution in [2.45, 2.75) is 57.0 Å². The third kappa shape index (κ3) is 2.98. The summed E-state index contributed by atoms with van der Waals surface area (Å²) in [4.78, 5) is 14.7. The topological polar surface area (TPSA) is 58.3 Å². The van der Waals surface area contributed by atoms with Gasteiger partial charge in [0.1, 0.15) is 5.82 Å². The van der Waals surface area contributed by atoms with Crippen LogP contribution in [0.4, 0.5) is 11.8 Å². The summed E-state index contributed by atoms with van der Waals surface area (Å²) in [6.45, 7) is 5.61. The Morgan fingerprint density at radius 1 is 1.04 bits per heavy atom. The first-order valence-corrected chi connectivity index (χ1v) is 10.4. The minimum Gasteiger partial charge on any atom is -0.368 e. The van der Waals surface area contributed by atoms with Gasteiger partial charge in [0.15, 0.2) is 0 Å². The third-order valence-corrected chi connectivity index (χ3v) is 6.80. The van der Waals surface area contributed by atoms with Crippen LogP contribution in [0.15, 0.2) is 30.3 Å². The molecule has 5 heteroatoms. The van der Waals surface area contributed by atoms with Crippen molar-refractivity contribution < 1.29 is 0 Å². The SMILES string of the molecule is CC1CCC2CN(c3nc(N)nc4c3CCCC4c3ccccc3)CCN12. The number of benzene rings is 1. The zero-order valence-corrected chi connectivity index (χ0v) is 16.1. The monoisotopic (exact) mass is 363 g/mol. The maximum Gasteiger partial charge on any atom is 0.222 e. The maximum atomic E-state index is 6.20. The van der Waals surface area contributed by atoms with Crippen molar-refractivity contribution in [1.82, 2.24) is 14.9 Å². The van der Waals surface area contributed by atoms with Crippen LogP contribution in [-0.2, 0) is 6.42 Å². The standard InChI is InChI=1S/C22H29N5/c1-15-10-11-17-14-26(12-13-27(15)17)21-19-9-5-8-18(16-6-3-2-4-7-16)20(19)24-22(23)25-21/h2-4,6-7,15,17-18H,5,8-14H2,1H3,(H2,23,24,25). The van der Waals surface area contributed by atoms with Gasteiger partial charge in [0.25, 0.3) is 0 Å². The molecule has 0 spiro atoms. The molecule has 2 N–H and O–H groups in total. The quantitative estimate of drug-likeness (QED) is 0.888. The fourth-order valence-corrected chi connectivity index (χ4v) is 5.42. The highest BCUT2D eigenvalue weighted by atomic mass is 15.3. The fraction of sp³-hybridized carbons (Fsp3) is 0.545. The molecule has 3 aliphatic rings. The van der Waals surface area contributed by atoms with Gasteiger partial charge in [-0.3, -0.25) is 4.90 Å². The number of piperazine rings is 1. The number of aromatic nitrogens is 2. The summed E-state index contributed by atoms with van der Waals surface area (Å²) < 4.78 is 0. The lowest BCUT2D eigenvalue weighted by atomic mass is 9.82. The summed E-state index contributed by atoms with van der Waals surface area (Å²) in [7, 11) is 0. The van der Waals surface area contributed by atoms with Crippen molar-refractivity contribution >= 4 is 11.8 Å². The summed E-state index contributed by atoms with van der Waals surface area (Å²) in [6, 6.07) is 12.1. The van der Waals surface area contributed by atoms with Crippen LogP contribution in [0.5, 0.6) is 0 Å². The lowest BCUT2D eigenvalue weighted by Gasteiger charge is -2.41. The van der Waals surface area contributed by atoms with Crippen molar-refractivity contribution in [3.8, 4) is 0 Å². The lowest BCUT2D eigenvalue weighted by Crippen LogP contribution is -2.52. The van der Waals surface area contributed by atoms with E-state index in [1.54, 1.807) is 0 Å². The highest BCUT2D eigenvalue weighted by molar-refractivity contribution is 5.55. The van der Waals surface area contributed by atoms with E-state index in [2.05, 4.69) is 47.1 Å². The normalized spacial score (nSPS) is 28.0. The molecule has 142 valence electrons. The molecule has 1 aromatic heterocycles. The second-order valence-corrected chi connectivity index (χ2v) is 8.39. The van der Waals surface area contributed by atoms with Crippen LogP contribution in [-0.4, -0.2) is 46.6 Å². The second-order valence-electron chi connectivity index (χ2n) is 8.39. The Morgan fingerprint density at radius 3 is 2.74 bits per heavy atom. The van der Waals surface area contributed by atoms with Gasteiger partial charge in [0, 0.05) is 43.2 Å². The first kappa shape index (κ1) is 17.0. The van der Waals surface area contributed by atoms with E-state index in [9.17, 15) is 0 Å². The third-order valence-electron chi connectivity index (χ3n) is 6.80. The number of nitrogens with zero attached hydrogens (tertiary/aromatic N) is 4. The van der Waals surface area contributed by atoms with Crippen molar-refractivity contribution in [1.29, 1.82) is 0 Å². The Labute approximate surface area is 161 Å². The molecule has 2 saturated heterocycles. The van der Waals surface area contributed by atoms with Crippen LogP contribution >= 0.6 is 0 Å². The number of fused-ring (bicyclic) bond motifs is 2. The average molecular weight is 364 g/mol. The van der Waals surface area contributed by atoms with Crippen LogP contribution in [0.3, 0.4) is 0 Å². The molecule has 3 unspecified atom stereocenters. The van der Waals surface area contributed by atoms with E-state index >= 15 is 0 Å². The van der Waals surface area contributed by atoms with Crippen LogP contribution < -0.4 is 10.6 Å². The van der Waals surface area contributed by atoms with Gasteiger partial charge in [-0.05, 0) is 44.6 Å². The summed E-state index contributed by atoms with van der Waals surface area (Å²) in [5, 5.41) is 0. The van der Waals surface area contributed by atoms with Crippen molar-refractivity contribution in [3.05, 3.63) is 47.2 Å². The lowest BCUT2D eigenvalue weighted by molar-refractivity contribution is 0.184. The molecule has 2 aromatic rings. The molecule has 0 amide bonds. The number of anilines is 2. The van der Waals surface area contributed by atoms with Crippen molar-refractivity contribution in [2.24, 2.45) is 0 Å². The Kier molecular flexibility index (Phi) is 4.27. The first-order valence-electron chi connectivity index (χ1n) is 10.4. The van der Waals surface area contributed by atoms with Gasteiger partial charge >= 0.3 is 0 Å². The predicted octanol–water partition coefficient (Wildman–Crippen LogP) is 3.20. The molecule has 27 heavy (non-hydrogen) atoms. The molecular formula is C22H29N5. The zero-order chi connectivity index (χ0) is 18.4. The second kappa shape index (κ2) is 6.79. The molecule has 5 nitrogen and oxygen atoms in total. The number of nitrogen functional groups attached to an aromatic ring is 1. The summed E-state index contributed by atoms with van der Waals surface area (Å²) in [5.74, 6) is 1.87. The molecular weight excluding hydrogens is 334 g/mol. The predicted molar refractivity (Wildman–Crippen MR) is 109 cm³/mol. The van der Waals surface area contributed by atoms with Gasteiger partial charge in [0.2, 0.25) is 5.95 Å². The molecule has 3 heterocycles. The first-order chi connectivity index (χ1) is 13.2. The van der Waals surface area contributed by atoms with Gasteiger partial charge in [-0.25, -0.2) is 4.98 Å². The van der Waals surface area contributed by atoms with Crippen LogP contribution in [0.25, 0.3) is 0 Å². The highest BCUT2D eigenvalue weighted by Gasteiger charge is 2.37. The van der Waals surface area contributed by atoms with Gasteiger partial charge in [-0.1, -0.05) is 30.3 Å². The molecule has 0 saturated carbocycles. The van der Waals surface area contributed by atoms with E-state index in [1.807, 2.05) is 0 Å². The van der Waals surface area contributed by atoms with Crippen molar-refractivity contribution in [3.63, 3.8) is 0 Å². The van der Waals surface area contributed by atoms with Crippen molar-refractivity contribution in [2.75, 3.05) is 30.3 Å². The molecule has 0 radical (unpaired) electrons. The zero-order valence-electron chi connectivity index (χ0n) is 16.1. The summed E-state index contributed by atoms with van der Waals surface area (Å²) >= 11 is 0. The molecule has 3 atom stereocenters. The van der Waals surface area contributed by atoms with Crippen LogP contribution in [0, 0.1) is 0 Å². The van der Waals surface area contributed by atoms with E-state index in [0.717, 1.165) is 50.0 Å². The summed E-state index contributed by atoms with van der Waals surface area (Å²) in [6.07, 6.45) is 6.01. The fourth-order valence-electron chi connectivity index (χ4n) is 5.42. The number of nitrogens with two attached hydrogens (primary N) is 1. The van der Waals surface area contributed by atoms with E-state index < -0.39 is 0 Å². The molecule has 1 aromatic carbocycles. The average Bonchev–Trinajstić information content (AvgIpc) is 3.08. The van der Waals surface area contributed by atoms with Crippen LogP contribution in [0.1, 0.15) is 55.3 Å². The Morgan fingerprint density at radius 2 is 1.89 bits per heavy atom.